The van der Waals surface area contributed by atoms with E-state index in [0.29, 0.717) is 57.9 Å². The number of para-hydroxylation sites is 1. The van der Waals surface area contributed by atoms with E-state index in [0.717, 1.165) is 17.8 Å². The molecule has 3 amide bonds. The van der Waals surface area contributed by atoms with Gasteiger partial charge in [0.25, 0.3) is 5.91 Å². The van der Waals surface area contributed by atoms with Crippen LogP contribution < -0.4 is 10.2 Å². The normalized spacial score (nSPS) is 17.9. The number of carbonyl (C=O) groups excluding carboxylic acids is 3. The quantitative estimate of drug-likeness (QED) is 0.529. The molecule has 0 saturated carbocycles. The minimum absolute atomic E-state index is 0.0130. The molecule has 8 heteroatoms. The molecule has 1 aromatic heterocycles. The summed E-state index contributed by atoms with van der Waals surface area (Å²) in [6.07, 6.45) is 5.01. The van der Waals surface area contributed by atoms with Crippen molar-refractivity contribution < 1.29 is 14.4 Å². The van der Waals surface area contributed by atoms with Gasteiger partial charge in [0.15, 0.2) is 0 Å². The van der Waals surface area contributed by atoms with E-state index in [2.05, 4.69) is 42.9 Å². The van der Waals surface area contributed by atoms with Crippen molar-refractivity contribution in [3.05, 3.63) is 60.4 Å². The summed E-state index contributed by atoms with van der Waals surface area (Å²) in [7, 11) is 0. The van der Waals surface area contributed by atoms with Gasteiger partial charge < -0.3 is 20.0 Å². The lowest BCUT2D eigenvalue weighted by molar-refractivity contribution is -0.140. The Morgan fingerprint density at radius 1 is 1.05 bits per heavy atom. The van der Waals surface area contributed by atoms with Crippen LogP contribution in [0, 0.1) is 11.3 Å². The Balaban J connectivity index is 1.40. The van der Waals surface area contributed by atoms with Gasteiger partial charge in [-0.25, -0.2) is 0 Å². The van der Waals surface area contributed by atoms with Gasteiger partial charge in [0.1, 0.15) is 12.1 Å². The molecule has 2 aromatic rings. The number of piperidine rings is 1. The highest BCUT2D eigenvalue weighted by Crippen LogP contribution is 2.39. The lowest BCUT2D eigenvalue weighted by Gasteiger charge is -2.43. The van der Waals surface area contributed by atoms with Gasteiger partial charge in [-0.3, -0.25) is 19.4 Å². The number of aromatic nitrogens is 1. The molecular weight excluding hydrogens is 490 g/mol. The van der Waals surface area contributed by atoms with Gasteiger partial charge in [-0.1, -0.05) is 52.0 Å². The van der Waals surface area contributed by atoms with Crippen molar-refractivity contribution in [3.8, 4) is 0 Å². The molecule has 3 heterocycles. The number of likely N-dealkylation sites (tertiary alicyclic amines) is 1. The fourth-order valence-electron chi connectivity index (χ4n) is 6.10. The van der Waals surface area contributed by atoms with E-state index >= 15 is 0 Å². The average molecular weight is 534 g/mol. The number of nitrogens with one attached hydrogen (secondary N) is 1. The SMILES string of the molecule is CC(CC(=O)N1CCC2(CC1)C(=O)N(CC(=O)NCCc1ccccn1)CN2c1ccccc1)CC(C)(C)C. The van der Waals surface area contributed by atoms with E-state index in [4.69, 9.17) is 0 Å². The summed E-state index contributed by atoms with van der Waals surface area (Å²) in [6, 6.07) is 15.6. The number of benzene rings is 1. The van der Waals surface area contributed by atoms with Gasteiger partial charge >= 0.3 is 0 Å². The Labute approximate surface area is 232 Å². The maximum absolute atomic E-state index is 13.9. The molecule has 2 fully saturated rings. The Bertz CT molecular complexity index is 1120. The molecule has 2 saturated heterocycles. The maximum atomic E-state index is 13.9. The molecule has 0 radical (unpaired) electrons. The second-order valence-corrected chi connectivity index (χ2v) is 12.3. The minimum atomic E-state index is -0.747. The second kappa shape index (κ2) is 12.2. The van der Waals surface area contributed by atoms with E-state index in [1.807, 2.05) is 53.4 Å². The predicted octanol–water partition coefficient (Wildman–Crippen LogP) is 3.87. The smallest absolute Gasteiger partial charge is 0.250 e. The summed E-state index contributed by atoms with van der Waals surface area (Å²) in [4.78, 5) is 49.8. The van der Waals surface area contributed by atoms with Crippen LogP contribution in [0.4, 0.5) is 5.69 Å². The summed E-state index contributed by atoms with van der Waals surface area (Å²) < 4.78 is 0. The van der Waals surface area contributed by atoms with Crippen molar-refractivity contribution in [2.75, 3.05) is 37.7 Å². The number of rotatable bonds is 9. The maximum Gasteiger partial charge on any atom is 0.250 e. The molecule has 1 N–H and O–H groups in total. The van der Waals surface area contributed by atoms with Crippen LogP contribution in [-0.4, -0.2) is 70.9 Å². The second-order valence-electron chi connectivity index (χ2n) is 12.3. The highest BCUT2D eigenvalue weighted by Gasteiger charge is 2.54. The first-order valence-electron chi connectivity index (χ1n) is 14.1. The molecule has 2 aliphatic heterocycles. The summed E-state index contributed by atoms with van der Waals surface area (Å²) in [5.41, 5.74) is 1.32. The van der Waals surface area contributed by atoms with Crippen molar-refractivity contribution >= 4 is 23.4 Å². The third-order valence-electron chi connectivity index (χ3n) is 7.77. The van der Waals surface area contributed by atoms with Gasteiger partial charge in [-0.15, -0.1) is 0 Å². The highest BCUT2D eigenvalue weighted by atomic mass is 16.2. The van der Waals surface area contributed by atoms with Gasteiger partial charge in [0.05, 0.1) is 6.67 Å². The Morgan fingerprint density at radius 3 is 2.38 bits per heavy atom. The molecular formula is C31H43N5O3. The molecule has 1 atom stereocenters. The summed E-state index contributed by atoms with van der Waals surface area (Å²) in [5, 5.41) is 2.94. The lowest BCUT2D eigenvalue weighted by atomic mass is 9.83. The van der Waals surface area contributed by atoms with Crippen LogP contribution in [0.3, 0.4) is 0 Å². The third-order valence-corrected chi connectivity index (χ3v) is 7.77. The van der Waals surface area contributed by atoms with Crippen LogP contribution in [0.1, 0.15) is 59.1 Å². The fraction of sp³-hybridized carbons (Fsp3) is 0.548. The van der Waals surface area contributed by atoms with Gasteiger partial charge in [-0.2, -0.15) is 0 Å². The number of pyridine rings is 1. The van der Waals surface area contributed by atoms with Gasteiger partial charge in [0.2, 0.25) is 11.8 Å². The van der Waals surface area contributed by atoms with E-state index in [-0.39, 0.29) is 29.7 Å². The summed E-state index contributed by atoms with van der Waals surface area (Å²) in [6.45, 7) is 10.7. The molecule has 4 rings (SSSR count). The number of anilines is 1. The first kappa shape index (κ1) is 28.6. The standard InChI is InChI=1S/C31H43N5O3/c1-24(21-30(2,3)4)20-28(38)34-18-14-31(15-19-34)29(39)35(23-36(31)26-11-6-5-7-12-26)22-27(37)33-17-13-25-10-8-9-16-32-25/h5-12,16,24H,13-15,17-23H2,1-4H3,(H,33,37). The minimum Gasteiger partial charge on any atom is -0.354 e. The summed E-state index contributed by atoms with van der Waals surface area (Å²) >= 11 is 0. The van der Waals surface area contributed by atoms with Gasteiger partial charge in [0, 0.05) is 50.1 Å². The molecule has 1 unspecified atom stereocenters. The number of carbonyl (C=O) groups is 3. The van der Waals surface area contributed by atoms with E-state index < -0.39 is 5.54 Å². The van der Waals surface area contributed by atoms with Crippen molar-refractivity contribution in [2.24, 2.45) is 11.3 Å². The molecule has 1 aromatic carbocycles. The molecule has 8 nitrogen and oxygen atoms in total. The van der Waals surface area contributed by atoms with Crippen LogP contribution in [0.2, 0.25) is 0 Å². The molecule has 210 valence electrons. The topological polar surface area (TPSA) is 85.8 Å². The van der Waals surface area contributed by atoms with Crippen LogP contribution >= 0.6 is 0 Å². The highest BCUT2D eigenvalue weighted by molar-refractivity contribution is 5.96. The van der Waals surface area contributed by atoms with Crippen LogP contribution in [0.5, 0.6) is 0 Å². The van der Waals surface area contributed by atoms with Gasteiger partial charge in [-0.05, 0) is 54.9 Å². The molecule has 1 spiro atoms. The Hall–Kier alpha value is -3.42. The molecule has 0 bridgehead atoms. The predicted molar refractivity (Wildman–Crippen MR) is 153 cm³/mol. The van der Waals surface area contributed by atoms with Crippen molar-refractivity contribution in [3.63, 3.8) is 0 Å². The third kappa shape index (κ3) is 7.16. The largest absolute Gasteiger partial charge is 0.354 e. The van der Waals surface area contributed by atoms with E-state index in [1.165, 1.54) is 0 Å². The molecule has 39 heavy (non-hydrogen) atoms. The van der Waals surface area contributed by atoms with Crippen molar-refractivity contribution in [1.29, 1.82) is 0 Å². The Kier molecular flexibility index (Phi) is 8.93. The van der Waals surface area contributed by atoms with Crippen LogP contribution in [0.25, 0.3) is 0 Å². The lowest BCUT2D eigenvalue weighted by Crippen LogP contribution is -2.57. The monoisotopic (exact) mass is 533 g/mol. The van der Waals surface area contributed by atoms with Crippen LogP contribution in [0.15, 0.2) is 54.7 Å². The van der Waals surface area contributed by atoms with Crippen molar-refractivity contribution in [1.82, 2.24) is 20.1 Å². The zero-order valence-corrected chi connectivity index (χ0v) is 23.9. The average Bonchev–Trinajstić information content (AvgIpc) is 3.15. The molecule has 0 aliphatic carbocycles. The van der Waals surface area contributed by atoms with E-state index in [1.54, 1.807) is 11.1 Å². The summed E-state index contributed by atoms with van der Waals surface area (Å²) in [5.74, 6) is 0.278. The van der Waals surface area contributed by atoms with E-state index in [9.17, 15) is 14.4 Å². The first-order valence-corrected chi connectivity index (χ1v) is 14.1. The van der Waals surface area contributed by atoms with Crippen molar-refractivity contribution in [2.45, 2.75) is 65.3 Å². The fourth-order valence-corrected chi connectivity index (χ4v) is 6.10. The first-order chi connectivity index (χ1) is 18.6. The zero-order valence-electron chi connectivity index (χ0n) is 23.9. The molecule has 2 aliphatic rings. The zero-order chi connectivity index (χ0) is 28.0. The number of hydrogen-bond donors (Lipinski definition) is 1. The Morgan fingerprint density at radius 2 is 1.74 bits per heavy atom. The number of amides is 3. The van der Waals surface area contributed by atoms with Crippen LogP contribution in [-0.2, 0) is 20.8 Å². The number of hydrogen-bond acceptors (Lipinski definition) is 5. The number of nitrogens with zero attached hydrogens (tertiary/aromatic N) is 4.